The van der Waals surface area contributed by atoms with Crippen molar-refractivity contribution in [2.75, 3.05) is 5.32 Å². The summed E-state index contributed by atoms with van der Waals surface area (Å²) in [6.45, 7) is 4.53. The molecular weight excluding hydrogens is 336 g/mol. The lowest BCUT2D eigenvalue weighted by Gasteiger charge is -2.14. The number of nitrogens with one attached hydrogen (secondary N) is 1. The minimum Gasteiger partial charge on any atom is -0.487 e. The number of nitrogens with zero attached hydrogens (tertiary/aromatic N) is 3. The third kappa shape index (κ3) is 4.24. The van der Waals surface area contributed by atoms with Crippen LogP contribution in [0, 0.1) is 0 Å². The van der Waals surface area contributed by atoms with E-state index in [9.17, 15) is 4.79 Å². The summed E-state index contributed by atoms with van der Waals surface area (Å²) in [6, 6.07) is 9.13. The molecular formula is C18H20N4O2S. The predicted octanol–water partition coefficient (Wildman–Crippen LogP) is 4.14. The topological polar surface area (TPSA) is 69.0 Å². The number of thiazole rings is 1. The van der Waals surface area contributed by atoms with Crippen molar-refractivity contribution < 1.29 is 9.53 Å². The smallest absolute Gasteiger partial charge is 0.256 e. The largest absolute Gasteiger partial charge is 0.487 e. The molecule has 1 N–H and O–H groups in total. The molecule has 2 heterocycles. The first kappa shape index (κ1) is 17.2. The number of hydrogen-bond donors (Lipinski definition) is 1. The van der Waals surface area contributed by atoms with E-state index < -0.39 is 0 Å². The highest BCUT2D eigenvalue weighted by Gasteiger charge is 2.13. The molecule has 1 aromatic carbocycles. The van der Waals surface area contributed by atoms with Crippen molar-refractivity contribution in [1.29, 1.82) is 0 Å². The zero-order valence-corrected chi connectivity index (χ0v) is 15.0. The zero-order valence-electron chi connectivity index (χ0n) is 14.2. The van der Waals surface area contributed by atoms with Gasteiger partial charge in [0.05, 0.1) is 23.4 Å². The van der Waals surface area contributed by atoms with E-state index in [0.29, 0.717) is 23.7 Å². The molecule has 25 heavy (non-hydrogen) atoms. The summed E-state index contributed by atoms with van der Waals surface area (Å²) >= 11 is 1.53. The van der Waals surface area contributed by atoms with E-state index in [1.54, 1.807) is 36.0 Å². The third-order valence-electron chi connectivity index (χ3n) is 3.89. The van der Waals surface area contributed by atoms with Crippen LogP contribution in [-0.2, 0) is 6.61 Å². The Morgan fingerprint density at radius 1 is 1.40 bits per heavy atom. The van der Waals surface area contributed by atoms with Crippen molar-refractivity contribution in [3.63, 3.8) is 0 Å². The molecule has 0 saturated heterocycles. The highest BCUT2D eigenvalue weighted by Crippen LogP contribution is 2.19. The van der Waals surface area contributed by atoms with Gasteiger partial charge in [0, 0.05) is 17.0 Å². The fourth-order valence-electron chi connectivity index (χ4n) is 2.32. The maximum absolute atomic E-state index is 12.5. The fourth-order valence-corrected chi connectivity index (χ4v) is 2.86. The van der Waals surface area contributed by atoms with Gasteiger partial charge < -0.3 is 10.1 Å². The van der Waals surface area contributed by atoms with Gasteiger partial charge in [0.1, 0.15) is 18.2 Å². The first-order valence-corrected chi connectivity index (χ1v) is 9.06. The Hall–Kier alpha value is -2.67. The Balaban J connectivity index is 1.68. The number of carbonyl (C=O) groups is 1. The third-order valence-corrected chi connectivity index (χ3v) is 4.52. The molecule has 0 radical (unpaired) electrons. The summed E-state index contributed by atoms with van der Waals surface area (Å²) in [5.74, 6) is 1.13. The van der Waals surface area contributed by atoms with Gasteiger partial charge in [-0.3, -0.25) is 4.79 Å². The number of benzene rings is 1. The highest BCUT2D eigenvalue weighted by molar-refractivity contribution is 7.07. The number of rotatable bonds is 7. The van der Waals surface area contributed by atoms with E-state index in [4.69, 9.17) is 4.74 Å². The number of aromatic nitrogens is 3. The van der Waals surface area contributed by atoms with Gasteiger partial charge in [0.25, 0.3) is 5.91 Å². The average molecular weight is 356 g/mol. The Bertz CT molecular complexity index is 829. The van der Waals surface area contributed by atoms with Crippen LogP contribution in [0.3, 0.4) is 0 Å². The Kier molecular flexibility index (Phi) is 5.45. The van der Waals surface area contributed by atoms with Crippen molar-refractivity contribution in [1.82, 2.24) is 14.8 Å². The molecule has 0 aliphatic rings. The van der Waals surface area contributed by atoms with Gasteiger partial charge in [0.15, 0.2) is 0 Å². The van der Waals surface area contributed by atoms with Crippen LogP contribution in [0.25, 0.3) is 0 Å². The molecule has 0 saturated carbocycles. The normalized spacial score (nSPS) is 11.9. The second-order valence-electron chi connectivity index (χ2n) is 5.67. The van der Waals surface area contributed by atoms with Crippen molar-refractivity contribution in [3.8, 4) is 5.75 Å². The van der Waals surface area contributed by atoms with Crippen LogP contribution in [0.1, 0.15) is 42.4 Å². The summed E-state index contributed by atoms with van der Waals surface area (Å²) in [6.07, 6.45) is 2.62. The van der Waals surface area contributed by atoms with Gasteiger partial charge in [0.2, 0.25) is 0 Å². The Labute approximate surface area is 150 Å². The predicted molar refractivity (Wildman–Crippen MR) is 98.1 cm³/mol. The van der Waals surface area contributed by atoms with E-state index in [1.165, 1.54) is 11.3 Å². The molecule has 0 aliphatic heterocycles. The molecule has 2 aromatic heterocycles. The number of hydrogen-bond acceptors (Lipinski definition) is 5. The number of carbonyl (C=O) groups excluding carboxylic acids is 1. The minimum absolute atomic E-state index is 0.191. The molecule has 7 heteroatoms. The maximum Gasteiger partial charge on any atom is 0.256 e. The monoisotopic (exact) mass is 356 g/mol. The van der Waals surface area contributed by atoms with Crippen LogP contribution >= 0.6 is 11.3 Å². The SMILES string of the molecule is CCC(C)n1nccc1NC(=O)c1cccc(OCc2cscn2)c1. The summed E-state index contributed by atoms with van der Waals surface area (Å²) in [5.41, 5.74) is 3.17. The summed E-state index contributed by atoms with van der Waals surface area (Å²) in [5, 5.41) is 9.13. The van der Waals surface area contributed by atoms with Gasteiger partial charge in [-0.2, -0.15) is 5.10 Å². The second-order valence-corrected chi connectivity index (χ2v) is 6.39. The molecule has 3 aromatic rings. The van der Waals surface area contributed by atoms with E-state index in [0.717, 1.165) is 12.1 Å². The van der Waals surface area contributed by atoms with Crippen LogP contribution in [0.5, 0.6) is 5.75 Å². The van der Waals surface area contributed by atoms with E-state index >= 15 is 0 Å². The lowest BCUT2D eigenvalue weighted by atomic mass is 10.2. The lowest BCUT2D eigenvalue weighted by molar-refractivity contribution is 0.102. The first-order chi connectivity index (χ1) is 12.2. The van der Waals surface area contributed by atoms with Crippen LogP contribution in [-0.4, -0.2) is 20.7 Å². The summed E-state index contributed by atoms with van der Waals surface area (Å²) in [7, 11) is 0. The van der Waals surface area contributed by atoms with Gasteiger partial charge in [-0.1, -0.05) is 13.0 Å². The first-order valence-electron chi connectivity index (χ1n) is 8.12. The average Bonchev–Trinajstić information content (AvgIpc) is 3.31. The van der Waals surface area contributed by atoms with Crippen LogP contribution in [0.15, 0.2) is 47.4 Å². The number of ether oxygens (including phenoxy) is 1. The van der Waals surface area contributed by atoms with Crippen molar-refractivity contribution in [2.45, 2.75) is 32.9 Å². The van der Waals surface area contributed by atoms with Crippen LogP contribution < -0.4 is 10.1 Å². The van der Waals surface area contributed by atoms with Crippen LogP contribution in [0.2, 0.25) is 0 Å². The van der Waals surface area contributed by atoms with E-state index in [1.807, 2.05) is 16.1 Å². The highest BCUT2D eigenvalue weighted by atomic mass is 32.1. The lowest BCUT2D eigenvalue weighted by Crippen LogP contribution is -2.17. The molecule has 0 fully saturated rings. The molecule has 3 rings (SSSR count). The van der Waals surface area contributed by atoms with Crippen LogP contribution in [0.4, 0.5) is 5.82 Å². The molecule has 0 bridgehead atoms. The Morgan fingerprint density at radius 2 is 2.28 bits per heavy atom. The minimum atomic E-state index is -0.191. The molecule has 0 spiro atoms. The number of anilines is 1. The van der Waals surface area contributed by atoms with Gasteiger partial charge in [-0.05, 0) is 31.5 Å². The van der Waals surface area contributed by atoms with Crippen molar-refractivity contribution in [2.24, 2.45) is 0 Å². The summed E-state index contributed by atoms with van der Waals surface area (Å²) in [4.78, 5) is 16.7. The van der Waals surface area contributed by atoms with Crippen molar-refractivity contribution in [3.05, 3.63) is 58.7 Å². The molecule has 130 valence electrons. The molecule has 1 amide bonds. The molecule has 1 atom stereocenters. The molecule has 6 nitrogen and oxygen atoms in total. The number of amides is 1. The van der Waals surface area contributed by atoms with Gasteiger partial charge in [-0.25, -0.2) is 9.67 Å². The quantitative estimate of drug-likeness (QED) is 0.691. The van der Waals surface area contributed by atoms with Gasteiger partial charge in [-0.15, -0.1) is 11.3 Å². The second kappa shape index (κ2) is 7.94. The van der Waals surface area contributed by atoms with E-state index in [-0.39, 0.29) is 11.9 Å². The maximum atomic E-state index is 12.5. The van der Waals surface area contributed by atoms with Gasteiger partial charge >= 0.3 is 0 Å². The Morgan fingerprint density at radius 3 is 3.04 bits per heavy atom. The molecule has 1 unspecified atom stereocenters. The zero-order chi connectivity index (χ0) is 17.6. The van der Waals surface area contributed by atoms with E-state index in [2.05, 4.69) is 29.2 Å². The van der Waals surface area contributed by atoms with Crippen molar-refractivity contribution >= 4 is 23.1 Å². The fraction of sp³-hybridized carbons (Fsp3) is 0.278. The summed E-state index contributed by atoms with van der Waals surface area (Å²) < 4.78 is 7.52. The molecule has 0 aliphatic carbocycles. The standard InChI is InChI=1S/C18H20N4O2S/c1-3-13(2)22-17(7-8-20-22)21-18(23)14-5-4-6-16(9-14)24-10-15-11-25-12-19-15/h4-9,11-13H,3,10H2,1-2H3,(H,21,23).